The van der Waals surface area contributed by atoms with E-state index in [1.807, 2.05) is 0 Å². The highest BCUT2D eigenvalue weighted by Crippen LogP contribution is 2.53. The SMILES string of the molecule is Cc1ccc(C(=Cc2ccc(N(c3ccc(C=C(c4ccc(C)cc4)C4CCCCC4)cc3)c3c4ccccc4c(-c4ccc(N(c5ccc(C=C(c6ccc(C)cc6)C6CCCCC6)cc5)c5ccc(C=C(c6ccc(C)cc6)C6CCCCC6)cc5)c5cccc(C)c45)c4ccccc34)cc2)C2CCCCC2)cc1. The Bertz CT molecular complexity index is 5230. The van der Waals surface area contributed by atoms with E-state index >= 15 is 0 Å². The van der Waals surface area contributed by atoms with Gasteiger partial charge in [-0.05, 0) is 264 Å². The summed E-state index contributed by atoms with van der Waals surface area (Å²) in [5.74, 6) is 2.20. The molecule has 0 amide bonds. The minimum Gasteiger partial charge on any atom is -0.310 e. The monoisotopic (exact) mass is 1440 g/mol. The van der Waals surface area contributed by atoms with Gasteiger partial charge in [0.15, 0.2) is 0 Å². The summed E-state index contributed by atoms with van der Waals surface area (Å²) in [7, 11) is 0. The molecule has 0 unspecified atom stereocenters. The molecule has 4 saturated carbocycles. The van der Waals surface area contributed by atoms with Crippen LogP contribution in [0.1, 0.15) is 201 Å². The third-order valence-electron chi connectivity index (χ3n) is 25.5. The van der Waals surface area contributed by atoms with E-state index in [-0.39, 0.29) is 0 Å². The van der Waals surface area contributed by atoms with Crippen molar-refractivity contribution in [1.29, 1.82) is 0 Å². The molecule has 554 valence electrons. The highest BCUT2D eigenvalue weighted by molar-refractivity contribution is 6.25. The summed E-state index contributed by atoms with van der Waals surface area (Å²) in [6.45, 7) is 11.1. The first-order valence-electron chi connectivity index (χ1n) is 42.2. The Morgan fingerprint density at radius 1 is 0.252 bits per heavy atom. The van der Waals surface area contributed by atoms with Crippen LogP contribution in [0, 0.1) is 58.3 Å². The zero-order chi connectivity index (χ0) is 75.2. The molecule has 111 heavy (non-hydrogen) atoms. The standard InChI is InChI=1S/C109H108N2/c1-75-37-53-88(54-38-75)102(84-24-10-6-11-25-84)71-80-45-61-92(62-46-80)110(93-63-47-81(48-64-93)72-103(85-26-12-7-13-27-85)89-55-39-76(2)40-56-89)106-70-69-101(107-79(5)23-22-36-100(106)107)108-96-32-18-20-34-98(96)109(99-35-21-19-33-97(99)108)111(94-65-49-82(50-66-94)73-104(86-28-14-8-15-29-86)90-57-41-77(3)42-58-90)95-67-51-83(52-68-95)74-105(87-30-16-9-17-31-87)91-59-43-78(4)44-60-91/h18-23,32-74,84-87H,6-17,24-31H2,1-5H3. The van der Waals surface area contributed by atoms with E-state index in [0.717, 1.165) is 28.4 Å². The number of fused-ring (bicyclic) bond motifs is 3. The smallest absolute Gasteiger partial charge is 0.0618 e. The normalized spacial score (nSPS) is 16.2. The average molecular weight is 1450 g/mol. The van der Waals surface area contributed by atoms with Gasteiger partial charge in [-0.1, -0.05) is 342 Å². The van der Waals surface area contributed by atoms with Gasteiger partial charge < -0.3 is 9.80 Å². The number of hydrogen-bond acceptors (Lipinski definition) is 2. The zero-order valence-corrected chi connectivity index (χ0v) is 66.1. The minimum atomic E-state index is 0.548. The number of hydrogen-bond donors (Lipinski definition) is 0. The average Bonchev–Trinajstić information content (AvgIpc) is 0.717. The Balaban J connectivity index is 0.818. The molecular formula is C109H108N2. The molecule has 0 aromatic heterocycles. The van der Waals surface area contributed by atoms with E-state index in [2.05, 4.69) is 342 Å². The molecule has 4 aliphatic rings. The van der Waals surface area contributed by atoms with Crippen LogP contribution in [0.3, 0.4) is 0 Å². The lowest BCUT2D eigenvalue weighted by molar-refractivity contribution is 0.430. The summed E-state index contributed by atoms with van der Waals surface area (Å²) in [4.78, 5) is 5.11. The second kappa shape index (κ2) is 33.4. The maximum absolute atomic E-state index is 2.57. The fraction of sp³-hybridized carbons (Fsp3) is 0.266. The summed E-state index contributed by atoms with van der Waals surface area (Å²) < 4.78 is 0. The predicted octanol–water partition coefficient (Wildman–Crippen LogP) is 31.8. The molecule has 13 aromatic rings. The molecular weight excluding hydrogens is 1340 g/mol. The molecule has 17 rings (SSSR count). The van der Waals surface area contributed by atoms with E-state index in [9.17, 15) is 0 Å². The fourth-order valence-corrected chi connectivity index (χ4v) is 19.4. The van der Waals surface area contributed by atoms with E-state index in [1.54, 1.807) is 0 Å². The number of nitrogens with zero attached hydrogens (tertiary/aromatic N) is 2. The van der Waals surface area contributed by atoms with Crippen molar-refractivity contribution in [2.45, 2.75) is 163 Å². The predicted molar refractivity (Wildman–Crippen MR) is 481 cm³/mol. The molecule has 0 bridgehead atoms. The summed E-state index contributed by atoms with van der Waals surface area (Å²) in [6, 6.07) is 106. The van der Waals surface area contributed by atoms with Crippen molar-refractivity contribution < 1.29 is 0 Å². The molecule has 4 fully saturated rings. The van der Waals surface area contributed by atoms with Gasteiger partial charge >= 0.3 is 0 Å². The third-order valence-corrected chi connectivity index (χ3v) is 25.5. The van der Waals surface area contributed by atoms with Crippen LogP contribution in [-0.4, -0.2) is 0 Å². The van der Waals surface area contributed by atoms with Crippen molar-refractivity contribution in [2.24, 2.45) is 23.7 Å². The first-order chi connectivity index (χ1) is 54.6. The van der Waals surface area contributed by atoms with Gasteiger partial charge in [0, 0.05) is 38.9 Å². The second-order valence-corrected chi connectivity index (χ2v) is 33.2. The number of rotatable bonds is 19. The lowest BCUT2D eigenvalue weighted by atomic mass is 9.80. The third kappa shape index (κ3) is 16.0. The van der Waals surface area contributed by atoms with Crippen LogP contribution < -0.4 is 9.80 Å². The van der Waals surface area contributed by atoms with E-state index in [0.29, 0.717) is 23.7 Å². The topological polar surface area (TPSA) is 6.48 Å². The second-order valence-electron chi connectivity index (χ2n) is 33.2. The largest absolute Gasteiger partial charge is 0.310 e. The van der Waals surface area contributed by atoms with Gasteiger partial charge in [0.05, 0.1) is 11.4 Å². The van der Waals surface area contributed by atoms with Crippen molar-refractivity contribution in [3.05, 3.63) is 345 Å². The Morgan fingerprint density at radius 3 is 0.838 bits per heavy atom. The fourth-order valence-electron chi connectivity index (χ4n) is 19.4. The molecule has 0 radical (unpaired) electrons. The van der Waals surface area contributed by atoms with Crippen molar-refractivity contribution >= 4 is 113 Å². The Labute approximate surface area is 661 Å². The van der Waals surface area contributed by atoms with Crippen LogP contribution in [0.15, 0.2) is 273 Å². The highest BCUT2D eigenvalue weighted by atomic mass is 15.2. The van der Waals surface area contributed by atoms with Crippen molar-refractivity contribution in [1.82, 2.24) is 0 Å². The molecule has 0 heterocycles. The molecule has 2 nitrogen and oxygen atoms in total. The molecule has 0 spiro atoms. The van der Waals surface area contributed by atoms with Crippen LogP contribution in [0.25, 0.3) is 90.0 Å². The lowest BCUT2D eigenvalue weighted by Crippen LogP contribution is -2.12. The van der Waals surface area contributed by atoms with E-state index < -0.39 is 0 Å². The molecule has 0 atom stereocenters. The summed E-state index contributed by atoms with van der Waals surface area (Å²) in [6.07, 6.45) is 35.6. The lowest BCUT2D eigenvalue weighted by Gasteiger charge is -2.31. The molecule has 0 aliphatic heterocycles. The van der Waals surface area contributed by atoms with Crippen molar-refractivity contribution in [3.8, 4) is 11.1 Å². The Hall–Kier alpha value is -10.8. The van der Waals surface area contributed by atoms with Gasteiger partial charge in [-0.25, -0.2) is 0 Å². The number of anilines is 6. The summed E-state index contributed by atoms with van der Waals surface area (Å²) in [5, 5.41) is 7.32. The van der Waals surface area contributed by atoms with Gasteiger partial charge in [0.1, 0.15) is 0 Å². The maximum Gasteiger partial charge on any atom is 0.0618 e. The van der Waals surface area contributed by atoms with Gasteiger partial charge in [0.25, 0.3) is 0 Å². The Kier molecular flexibility index (Phi) is 22.0. The molecule has 0 saturated heterocycles. The quantitative estimate of drug-likeness (QED) is 0.0588. The van der Waals surface area contributed by atoms with Crippen LogP contribution in [0.5, 0.6) is 0 Å². The van der Waals surface area contributed by atoms with Crippen LogP contribution in [0.4, 0.5) is 34.1 Å². The zero-order valence-electron chi connectivity index (χ0n) is 66.1. The van der Waals surface area contributed by atoms with Gasteiger partial charge in [-0.2, -0.15) is 0 Å². The molecule has 13 aromatic carbocycles. The Morgan fingerprint density at radius 2 is 0.532 bits per heavy atom. The van der Waals surface area contributed by atoms with Crippen LogP contribution in [0.2, 0.25) is 0 Å². The minimum absolute atomic E-state index is 0.548. The summed E-state index contributed by atoms with van der Waals surface area (Å²) >= 11 is 0. The van der Waals surface area contributed by atoms with Crippen molar-refractivity contribution in [3.63, 3.8) is 0 Å². The molecule has 2 heteroatoms. The molecule has 0 N–H and O–H groups in total. The van der Waals surface area contributed by atoms with Crippen LogP contribution in [-0.2, 0) is 0 Å². The van der Waals surface area contributed by atoms with Crippen molar-refractivity contribution in [2.75, 3.05) is 9.80 Å². The van der Waals surface area contributed by atoms with Gasteiger partial charge in [-0.3, -0.25) is 0 Å². The van der Waals surface area contributed by atoms with Crippen LogP contribution >= 0.6 is 0 Å². The number of benzene rings is 13. The van der Waals surface area contributed by atoms with E-state index in [1.165, 1.54) is 272 Å². The van der Waals surface area contributed by atoms with Gasteiger partial charge in [0.2, 0.25) is 0 Å². The first-order valence-corrected chi connectivity index (χ1v) is 42.2. The van der Waals surface area contributed by atoms with Gasteiger partial charge in [-0.15, -0.1) is 0 Å². The first kappa shape index (κ1) is 73.0. The highest BCUT2D eigenvalue weighted by Gasteiger charge is 2.29. The number of allylic oxidation sites excluding steroid dienone is 4. The van der Waals surface area contributed by atoms with E-state index in [4.69, 9.17) is 0 Å². The maximum atomic E-state index is 2.57. The molecule has 4 aliphatic carbocycles. The summed E-state index contributed by atoms with van der Waals surface area (Å²) in [5.41, 5.74) is 32.0. The number of aryl methyl sites for hydroxylation is 5.